The lowest BCUT2D eigenvalue weighted by Gasteiger charge is -2.14. The van der Waals surface area contributed by atoms with Gasteiger partial charge in [0.25, 0.3) is 5.91 Å². The number of nitrogens with zero attached hydrogens (tertiary/aromatic N) is 2. The highest BCUT2D eigenvalue weighted by Crippen LogP contribution is 2.37. The van der Waals surface area contributed by atoms with Crippen molar-refractivity contribution in [1.82, 2.24) is 15.1 Å². The summed E-state index contributed by atoms with van der Waals surface area (Å²) in [5.74, 6) is -0.148. The van der Waals surface area contributed by atoms with E-state index in [1.807, 2.05) is 13.8 Å². The topological polar surface area (TPSA) is 114 Å². The van der Waals surface area contributed by atoms with Gasteiger partial charge in [0.05, 0.1) is 17.7 Å². The Balaban J connectivity index is 0.00000240. The van der Waals surface area contributed by atoms with Crippen LogP contribution in [0.1, 0.15) is 48.0 Å². The van der Waals surface area contributed by atoms with E-state index in [-0.39, 0.29) is 30.8 Å². The molecule has 3 heterocycles. The molecular weight excluding hydrogens is 398 g/mol. The number of ether oxygens (including phenoxy) is 1. The number of hydrogen-bond acceptors (Lipinski definition) is 6. The van der Waals surface area contributed by atoms with Crippen LogP contribution >= 0.6 is 12.4 Å². The fourth-order valence-electron chi connectivity index (χ4n) is 3.51. The summed E-state index contributed by atoms with van der Waals surface area (Å²) in [6, 6.07) is 5.11. The maximum atomic E-state index is 12.8. The van der Waals surface area contributed by atoms with E-state index < -0.39 is 11.5 Å². The second kappa shape index (κ2) is 7.49. The third kappa shape index (κ3) is 3.36. The molecule has 0 fully saturated rings. The van der Waals surface area contributed by atoms with Gasteiger partial charge in [-0.1, -0.05) is 6.07 Å². The summed E-state index contributed by atoms with van der Waals surface area (Å²) in [7, 11) is 0. The molecule has 29 heavy (non-hydrogen) atoms. The van der Waals surface area contributed by atoms with Crippen LogP contribution < -0.4 is 16.0 Å². The molecule has 2 aliphatic heterocycles. The maximum Gasteiger partial charge on any atom is 0.435 e. The zero-order valence-corrected chi connectivity index (χ0v) is 17.1. The number of aromatic nitrogens is 2. The summed E-state index contributed by atoms with van der Waals surface area (Å²) < 4.78 is 6.20. The highest BCUT2D eigenvalue weighted by Gasteiger charge is 2.38. The van der Waals surface area contributed by atoms with E-state index in [1.54, 1.807) is 25.1 Å². The fraction of sp³-hybridized carbons (Fsp3) is 0.368. The number of hydrogen-bond donors (Lipinski definition) is 3. The zero-order chi connectivity index (χ0) is 20.1. The minimum Gasteiger partial charge on any atom is -0.448 e. The molecule has 0 bridgehead atoms. The molecule has 0 spiro atoms. The van der Waals surface area contributed by atoms with Crippen molar-refractivity contribution in [2.24, 2.45) is 0 Å². The lowest BCUT2D eigenvalue weighted by Crippen LogP contribution is -2.26. The van der Waals surface area contributed by atoms with Gasteiger partial charge in [0, 0.05) is 29.9 Å². The lowest BCUT2D eigenvalue weighted by molar-refractivity contribution is -0.119. The number of nitrogens with one attached hydrogen (secondary N) is 3. The van der Waals surface area contributed by atoms with Crippen molar-refractivity contribution in [3.8, 4) is 0 Å². The second-order valence-electron chi connectivity index (χ2n) is 7.28. The first-order valence-corrected chi connectivity index (χ1v) is 9.09. The molecule has 3 N–H and O–H groups in total. The van der Waals surface area contributed by atoms with Crippen molar-refractivity contribution in [2.45, 2.75) is 39.3 Å². The Morgan fingerprint density at radius 2 is 2.07 bits per heavy atom. The summed E-state index contributed by atoms with van der Waals surface area (Å²) in [5, 5.41) is 12.9. The molecule has 1 aromatic carbocycles. The van der Waals surface area contributed by atoms with Gasteiger partial charge in [0.2, 0.25) is 5.91 Å². The summed E-state index contributed by atoms with van der Waals surface area (Å²) >= 11 is 0. The SMILES string of the molecule is CCOC(=O)n1nc(NC(=O)c2ccc3c(c2)NC(=O)C3(C)C)c2c1CNC2.Cl. The van der Waals surface area contributed by atoms with E-state index in [4.69, 9.17) is 4.74 Å². The van der Waals surface area contributed by atoms with Gasteiger partial charge >= 0.3 is 6.09 Å². The van der Waals surface area contributed by atoms with Crippen LogP contribution in [0.25, 0.3) is 0 Å². The number of carbonyl (C=O) groups is 3. The predicted octanol–water partition coefficient (Wildman–Crippen LogP) is 2.39. The maximum absolute atomic E-state index is 12.8. The summed E-state index contributed by atoms with van der Waals surface area (Å²) in [4.78, 5) is 36.9. The minimum atomic E-state index is -0.630. The van der Waals surface area contributed by atoms with Crippen LogP contribution in [-0.2, 0) is 28.0 Å². The Kier molecular flexibility index (Phi) is 5.38. The third-order valence-electron chi connectivity index (χ3n) is 5.13. The van der Waals surface area contributed by atoms with E-state index in [0.29, 0.717) is 35.9 Å². The fourth-order valence-corrected chi connectivity index (χ4v) is 3.51. The molecule has 0 radical (unpaired) electrons. The summed E-state index contributed by atoms with van der Waals surface area (Å²) in [6.45, 7) is 6.60. The van der Waals surface area contributed by atoms with Crippen LogP contribution in [0.3, 0.4) is 0 Å². The molecule has 9 nitrogen and oxygen atoms in total. The van der Waals surface area contributed by atoms with E-state index in [1.165, 1.54) is 4.68 Å². The zero-order valence-electron chi connectivity index (χ0n) is 16.3. The van der Waals surface area contributed by atoms with Crippen LogP contribution in [0.5, 0.6) is 0 Å². The normalized spacial score (nSPS) is 15.8. The Labute approximate surface area is 173 Å². The van der Waals surface area contributed by atoms with E-state index in [0.717, 1.165) is 11.1 Å². The van der Waals surface area contributed by atoms with E-state index in [2.05, 4.69) is 21.0 Å². The molecule has 0 aliphatic carbocycles. The summed E-state index contributed by atoms with van der Waals surface area (Å²) in [6.07, 6.45) is -0.578. The molecular formula is C19H22ClN5O4. The Hall–Kier alpha value is -2.91. The van der Waals surface area contributed by atoms with Crippen LogP contribution in [0.2, 0.25) is 0 Å². The molecule has 10 heteroatoms. The van der Waals surface area contributed by atoms with Crippen molar-refractivity contribution in [2.75, 3.05) is 17.2 Å². The molecule has 2 amide bonds. The molecule has 154 valence electrons. The Morgan fingerprint density at radius 3 is 2.79 bits per heavy atom. The number of rotatable bonds is 3. The van der Waals surface area contributed by atoms with Gasteiger partial charge in [-0.05, 0) is 38.5 Å². The number of fused-ring (bicyclic) bond motifs is 2. The Morgan fingerprint density at radius 1 is 1.31 bits per heavy atom. The average Bonchev–Trinajstić information content (AvgIpc) is 3.30. The van der Waals surface area contributed by atoms with Gasteiger partial charge in [0.15, 0.2) is 5.82 Å². The van der Waals surface area contributed by atoms with Gasteiger partial charge in [-0.2, -0.15) is 4.68 Å². The largest absolute Gasteiger partial charge is 0.448 e. The van der Waals surface area contributed by atoms with Crippen molar-refractivity contribution >= 4 is 41.8 Å². The van der Waals surface area contributed by atoms with Gasteiger partial charge in [-0.15, -0.1) is 17.5 Å². The molecule has 2 aliphatic rings. The quantitative estimate of drug-likeness (QED) is 0.703. The number of carbonyl (C=O) groups excluding carboxylic acids is 3. The van der Waals surface area contributed by atoms with Gasteiger partial charge < -0.3 is 20.7 Å². The van der Waals surface area contributed by atoms with Crippen molar-refractivity contribution in [1.29, 1.82) is 0 Å². The average molecular weight is 420 g/mol. The van der Waals surface area contributed by atoms with Crippen molar-refractivity contribution < 1.29 is 19.1 Å². The number of amides is 2. The predicted molar refractivity (Wildman–Crippen MR) is 108 cm³/mol. The molecule has 4 rings (SSSR count). The van der Waals surface area contributed by atoms with Crippen LogP contribution in [0.4, 0.5) is 16.3 Å². The van der Waals surface area contributed by atoms with Crippen LogP contribution in [0, 0.1) is 0 Å². The molecule has 0 saturated carbocycles. The highest BCUT2D eigenvalue weighted by atomic mass is 35.5. The van der Waals surface area contributed by atoms with Gasteiger partial charge in [-0.25, -0.2) is 4.79 Å². The van der Waals surface area contributed by atoms with E-state index in [9.17, 15) is 14.4 Å². The van der Waals surface area contributed by atoms with Crippen molar-refractivity contribution in [3.63, 3.8) is 0 Å². The number of benzene rings is 1. The van der Waals surface area contributed by atoms with Gasteiger partial charge in [-0.3, -0.25) is 9.59 Å². The highest BCUT2D eigenvalue weighted by molar-refractivity contribution is 6.09. The first-order valence-electron chi connectivity index (χ1n) is 9.09. The summed E-state index contributed by atoms with van der Waals surface area (Å²) in [5.41, 5.74) is 2.68. The molecule has 0 atom stereocenters. The van der Waals surface area contributed by atoms with Crippen LogP contribution in [0.15, 0.2) is 18.2 Å². The second-order valence-corrected chi connectivity index (χ2v) is 7.28. The third-order valence-corrected chi connectivity index (χ3v) is 5.13. The first-order chi connectivity index (χ1) is 13.3. The molecule has 0 saturated heterocycles. The van der Waals surface area contributed by atoms with Crippen molar-refractivity contribution in [3.05, 3.63) is 40.6 Å². The molecule has 0 unspecified atom stereocenters. The number of halogens is 1. The molecule has 2 aromatic rings. The minimum absolute atomic E-state index is 0. The van der Waals surface area contributed by atoms with E-state index >= 15 is 0 Å². The first kappa shape index (κ1) is 20.8. The monoisotopic (exact) mass is 419 g/mol. The number of anilines is 2. The standard InChI is InChI=1S/C19H21N5O4.ClH/c1-4-28-18(27)24-14-9-20-8-11(14)15(23-24)22-16(25)10-5-6-12-13(7-10)21-17(26)19(12,2)3;/h5-7,20H,4,8-9H2,1-3H3,(H,21,26)(H,22,23,25);1H. The van der Waals surface area contributed by atoms with Gasteiger partial charge in [0.1, 0.15) is 0 Å². The Bertz CT molecular complexity index is 1010. The smallest absolute Gasteiger partial charge is 0.435 e. The molecule has 1 aromatic heterocycles. The van der Waals surface area contributed by atoms with Crippen LogP contribution in [-0.4, -0.2) is 34.3 Å². The lowest BCUT2D eigenvalue weighted by atomic mass is 9.86.